The molecule has 7 heteroatoms. The Hall–Kier alpha value is -1.41. The van der Waals surface area contributed by atoms with E-state index in [2.05, 4.69) is 24.0 Å². The first-order chi connectivity index (χ1) is 13.2. The average Bonchev–Trinajstić information content (AvgIpc) is 3.18. The molecule has 1 aliphatic heterocycles. The molecule has 1 saturated heterocycles. The minimum atomic E-state index is -2.98. The number of rotatable bonds is 8. The lowest BCUT2D eigenvalue weighted by atomic mass is 10.1. The Bertz CT molecular complexity index is 907. The van der Waals surface area contributed by atoms with Crippen molar-refractivity contribution in [2.75, 3.05) is 24.7 Å². The van der Waals surface area contributed by atoms with Crippen LogP contribution in [0.3, 0.4) is 0 Å². The highest BCUT2D eigenvalue weighted by Crippen LogP contribution is 2.24. The first-order valence-corrected chi connectivity index (χ1v) is 12.3. The van der Waals surface area contributed by atoms with Crippen LogP contribution in [-0.4, -0.2) is 55.2 Å². The standard InChI is InChI=1S/C21H29NO4S2/c1-15-4-5-20(17(3)10-15)26-13-19(23)11-22(12-21-16(2)6-8-27-21)18-7-9-28(24,25)14-18/h4-6,8,10,18-19,23H,7,9,11-14H2,1-3H3. The van der Waals surface area contributed by atoms with Crippen molar-refractivity contribution in [3.8, 4) is 5.75 Å². The van der Waals surface area contributed by atoms with Crippen LogP contribution in [0.2, 0.25) is 0 Å². The van der Waals surface area contributed by atoms with Crippen LogP contribution in [0, 0.1) is 20.8 Å². The zero-order chi connectivity index (χ0) is 20.3. The van der Waals surface area contributed by atoms with Crippen LogP contribution < -0.4 is 4.74 Å². The molecule has 2 atom stereocenters. The highest BCUT2D eigenvalue weighted by Gasteiger charge is 2.33. The molecular formula is C21H29NO4S2. The molecule has 5 nitrogen and oxygen atoms in total. The monoisotopic (exact) mass is 423 g/mol. The number of sulfone groups is 1. The van der Waals surface area contributed by atoms with E-state index in [1.807, 2.05) is 31.4 Å². The molecule has 2 unspecified atom stereocenters. The Morgan fingerprint density at radius 2 is 2.04 bits per heavy atom. The SMILES string of the molecule is Cc1ccc(OCC(O)CN(Cc2sccc2C)C2CCS(=O)(=O)C2)c(C)c1. The Morgan fingerprint density at radius 1 is 1.25 bits per heavy atom. The molecule has 0 aliphatic carbocycles. The second-order valence-corrected chi connectivity index (χ2v) is 11.0. The van der Waals surface area contributed by atoms with Crippen molar-refractivity contribution in [2.45, 2.75) is 45.9 Å². The highest BCUT2D eigenvalue weighted by atomic mass is 32.2. The highest BCUT2D eigenvalue weighted by molar-refractivity contribution is 7.91. The Kier molecular flexibility index (Phi) is 6.81. The molecule has 1 aromatic heterocycles. The zero-order valence-corrected chi connectivity index (χ0v) is 18.4. The van der Waals surface area contributed by atoms with Crippen molar-refractivity contribution >= 4 is 21.2 Å². The summed E-state index contributed by atoms with van der Waals surface area (Å²) in [5, 5.41) is 12.7. The topological polar surface area (TPSA) is 66.8 Å². The fraction of sp³-hybridized carbons (Fsp3) is 0.524. The number of nitrogens with zero attached hydrogens (tertiary/aromatic N) is 1. The number of aryl methyl sites for hydroxylation is 3. The van der Waals surface area contributed by atoms with Crippen molar-refractivity contribution in [3.05, 3.63) is 51.2 Å². The molecule has 3 rings (SSSR count). The van der Waals surface area contributed by atoms with Crippen LogP contribution in [0.5, 0.6) is 5.75 Å². The van der Waals surface area contributed by atoms with Gasteiger partial charge in [-0.25, -0.2) is 8.42 Å². The summed E-state index contributed by atoms with van der Waals surface area (Å²) in [4.78, 5) is 3.33. The molecule has 0 radical (unpaired) electrons. The third kappa shape index (κ3) is 5.56. The van der Waals surface area contributed by atoms with Crippen LogP contribution in [0.15, 0.2) is 29.6 Å². The van der Waals surface area contributed by atoms with E-state index in [0.717, 1.165) is 11.3 Å². The van der Waals surface area contributed by atoms with Gasteiger partial charge in [0.2, 0.25) is 0 Å². The Morgan fingerprint density at radius 3 is 2.64 bits per heavy atom. The van der Waals surface area contributed by atoms with Gasteiger partial charge in [-0.1, -0.05) is 17.7 Å². The average molecular weight is 424 g/mol. The maximum atomic E-state index is 12.0. The fourth-order valence-electron chi connectivity index (χ4n) is 3.63. The van der Waals surface area contributed by atoms with E-state index >= 15 is 0 Å². The summed E-state index contributed by atoms with van der Waals surface area (Å²) < 4.78 is 29.8. The van der Waals surface area contributed by atoms with Crippen LogP contribution in [0.4, 0.5) is 0 Å². The van der Waals surface area contributed by atoms with E-state index in [-0.39, 0.29) is 24.2 Å². The quantitative estimate of drug-likeness (QED) is 0.707. The molecule has 28 heavy (non-hydrogen) atoms. The second-order valence-electron chi connectivity index (χ2n) is 7.75. The molecule has 1 fully saturated rings. The van der Waals surface area contributed by atoms with Crippen molar-refractivity contribution in [1.82, 2.24) is 4.90 Å². The van der Waals surface area contributed by atoms with Gasteiger partial charge in [0.15, 0.2) is 9.84 Å². The van der Waals surface area contributed by atoms with Gasteiger partial charge in [0.25, 0.3) is 0 Å². The van der Waals surface area contributed by atoms with Gasteiger partial charge in [-0.05, 0) is 55.8 Å². The van der Waals surface area contributed by atoms with E-state index in [4.69, 9.17) is 4.74 Å². The first kappa shape index (κ1) is 21.3. The van der Waals surface area contributed by atoms with Crippen molar-refractivity contribution in [1.29, 1.82) is 0 Å². The van der Waals surface area contributed by atoms with Gasteiger partial charge >= 0.3 is 0 Å². The summed E-state index contributed by atoms with van der Waals surface area (Å²) in [5.41, 5.74) is 3.42. The smallest absolute Gasteiger partial charge is 0.151 e. The van der Waals surface area contributed by atoms with Crippen LogP contribution in [0.1, 0.15) is 28.0 Å². The second kappa shape index (κ2) is 8.95. The summed E-state index contributed by atoms with van der Waals surface area (Å²) in [6, 6.07) is 7.99. The van der Waals surface area contributed by atoms with Crippen molar-refractivity contribution in [3.63, 3.8) is 0 Å². The summed E-state index contributed by atoms with van der Waals surface area (Å²) in [6.07, 6.45) is -0.0681. The maximum absolute atomic E-state index is 12.0. The predicted octanol–water partition coefficient (Wildman–Crippen LogP) is 3.10. The number of aliphatic hydroxyl groups is 1. The Labute approximate surface area is 171 Å². The number of aliphatic hydroxyl groups excluding tert-OH is 1. The third-order valence-electron chi connectivity index (χ3n) is 5.25. The largest absolute Gasteiger partial charge is 0.491 e. The van der Waals surface area contributed by atoms with E-state index in [1.165, 1.54) is 16.0 Å². The van der Waals surface area contributed by atoms with Gasteiger partial charge in [0.1, 0.15) is 18.5 Å². The fourth-order valence-corrected chi connectivity index (χ4v) is 6.32. The molecule has 154 valence electrons. The summed E-state index contributed by atoms with van der Waals surface area (Å²) in [7, 11) is -2.98. The minimum absolute atomic E-state index is 0.0535. The molecule has 0 spiro atoms. The third-order valence-corrected chi connectivity index (χ3v) is 8.00. The lowest BCUT2D eigenvalue weighted by Crippen LogP contribution is -2.42. The molecule has 1 aromatic carbocycles. The minimum Gasteiger partial charge on any atom is -0.491 e. The maximum Gasteiger partial charge on any atom is 0.151 e. The van der Waals surface area contributed by atoms with Crippen LogP contribution in [-0.2, 0) is 16.4 Å². The molecule has 0 saturated carbocycles. The molecule has 0 bridgehead atoms. The van der Waals surface area contributed by atoms with Gasteiger partial charge in [0.05, 0.1) is 11.5 Å². The predicted molar refractivity (Wildman–Crippen MR) is 114 cm³/mol. The zero-order valence-electron chi connectivity index (χ0n) is 16.7. The molecule has 1 N–H and O–H groups in total. The van der Waals surface area contributed by atoms with Gasteiger partial charge in [0, 0.05) is 24.0 Å². The number of thiophene rings is 1. The molecular weight excluding hydrogens is 394 g/mol. The van der Waals surface area contributed by atoms with E-state index < -0.39 is 15.9 Å². The molecule has 2 heterocycles. The van der Waals surface area contributed by atoms with E-state index in [0.29, 0.717) is 19.5 Å². The van der Waals surface area contributed by atoms with Gasteiger partial charge < -0.3 is 9.84 Å². The van der Waals surface area contributed by atoms with E-state index in [9.17, 15) is 13.5 Å². The van der Waals surface area contributed by atoms with Gasteiger partial charge in [-0.2, -0.15) is 0 Å². The van der Waals surface area contributed by atoms with Crippen LogP contribution in [0.25, 0.3) is 0 Å². The number of hydrogen-bond acceptors (Lipinski definition) is 6. The summed E-state index contributed by atoms with van der Waals surface area (Å²) in [5.74, 6) is 1.17. The van der Waals surface area contributed by atoms with Crippen molar-refractivity contribution < 1.29 is 18.3 Å². The molecule has 1 aliphatic rings. The lowest BCUT2D eigenvalue weighted by Gasteiger charge is -2.30. The van der Waals surface area contributed by atoms with Crippen LogP contribution >= 0.6 is 11.3 Å². The Balaban J connectivity index is 1.65. The number of benzene rings is 1. The van der Waals surface area contributed by atoms with E-state index in [1.54, 1.807) is 11.3 Å². The first-order valence-electron chi connectivity index (χ1n) is 9.59. The number of hydrogen-bond donors (Lipinski definition) is 1. The molecule has 0 amide bonds. The molecule has 2 aromatic rings. The normalized spacial score (nSPS) is 19.8. The van der Waals surface area contributed by atoms with Crippen molar-refractivity contribution in [2.24, 2.45) is 0 Å². The summed E-state index contributed by atoms with van der Waals surface area (Å²) in [6.45, 7) is 7.32. The van der Waals surface area contributed by atoms with Gasteiger partial charge in [-0.3, -0.25) is 4.90 Å². The van der Waals surface area contributed by atoms with Gasteiger partial charge in [-0.15, -0.1) is 11.3 Å². The number of ether oxygens (including phenoxy) is 1. The summed E-state index contributed by atoms with van der Waals surface area (Å²) >= 11 is 1.67. The lowest BCUT2D eigenvalue weighted by molar-refractivity contribution is 0.0526.